The number of hydrogen-bond donors (Lipinski definition) is 1. The number of hydrogen-bond acceptors (Lipinski definition) is 2. The molecule has 2 rings (SSSR count). The van der Waals surface area contributed by atoms with Crippen molar-refractivity contribution in [1.29, 1.82) is 0 Å². The fourth-order valence-electron chi connectivity index (χ4n) is 1.78. The summed E-state index contributed by atoms with van der Waals surface area (Å²) in [5, 5.41) is 3.48. The van der Waals surface area contributed by atoms with Crippen LogP contribution in [0.1, 0.15) is 12.5 Å². The van der Waals surface area contributed by atoms with Gasteiger partial charge in [-0.1, -0.05) is 12.1 Å². The van der Waals surface area contributed by atoms with E-state index in [0.29, 0.717) is 0 Å². The third kappa shape index (κ3) is 3.07. The SMILES string of the molecule is CCn1ccc(CNc2ccccc2SC)c1. The van der Waals surface area contributed by atoms with E-state index in [2.05, 4.69) is 65.8 Å². The summed E-state index contributed by atoms with van der Waals surface area (Å²) in [5.74, 6) is 0. The molecule has 1 heterocycles. The van der Waals surface area contributed by atoms with Gasteiger partial charge in [-0.25, -0.2) is 0 Å². The molecular formula is C14H18N2S. The minimum Gasteiger partial charge on any atom is -0.380 e. The summed E-state index contributed by atoms with van der Waals surface area (Å²) in [6.07, 6.45) is 6.42. The first-order valence-corrected chi connectivity index (χ1v) is 7.07. The molecule has 0 spiro atoms. The molecule has 0 aliphatic rings. The smallest absolute Gasteiger partial charge is 0.0480 e. The van der Waals surface area contributed by atoms with E-state index in [4.69, 9.17) is 0 Å². The largest absolute Gasteiger partial charge is 0.380 e. The molecule has 1 aromatic heterocycles. The van der Waals surface area contributed by atoms with Crippen molar-refractivity contribution in [2.24, 2.45) is 0 Å². The number of aromatic nitrogens is 1. The Kier molecular flexibility index (Phi) is 4.15. The molecular weight excluding hydrogens is 228 g/mol. The predicted octanol–water partition coefficient (Wildman–Crippen LogP) is 3.84. The highest BCUT2D eigenvalue weighted by molar-refractivity contribution is 7.98. The molecule has 3 heteroatoms. The molecule has 0 bridgehead atoms. The van der Waals surface area contributed by atoms with Crippen LogP contribution < -0.4 is 5.32 Å². The molecule has 0 atom stereocenters. The monoisotopic (exact) mass is 246 g/mol. The fourth-order valence-corrected chi connectivity index (χ4v) is 2.35. The van der Waals surface area contributed by atoms with Crippen LogP contribution in [0.25, 0.3) is 0 Å². The molecule has 2 aromatic rings. The Balaban J connectivity index is 2.01. The maximum atomic E-state index is 3.48. The Morgan fingerprint density at radius 1 is 1.24 bits per heavy atom. The number of benzene rings is 1. The highest BCUT2D eigenvalue weighted by atomic mass is 32.2. The van der Waals surface area contributed by atoms with Crippen LogP contribution >= 0.6 is 11.8 Å². The van der Waals surface area contributed by atoms with Crippen LogP contribution in [0.4, 0.5) is 5.69 Å². The summed E-state index contributed by atoms with van der Waals surface area (Å²) in [6, 6.07) is 10.6. The summed E-state index contributed by atoms with van der Waals surface area (Å²) >= 11 is 1.77. The molecule has 2 nitrogen and oxygen atoms in total. The van der Waals surface area contributed by atoms with Crippen LogP contribution in [-0.2, 0) is 13.1 Å². The van der Waals surface area contributed by atoms with Crippen molar-refractivity contribution in [3.8, 4) is 0 Å². The van der Waals surface area contributed by atoms with E-state index in [1.165, 1.54) is 16.1 Å². The van der Waals surface area contributed by atoms with Gasteiger partial charge in [-0.15, -0.1) is 11.8 Å². The zero-order valence-electron chi connectivity index (χ0n) is 10.3. The van der Waals surface area contributed by atoms with Gasteiger partial charge in [0.15, 0.2) is 0 Å². The third-order valence-electron chi connectivity index (χ3n) is 2.77. The van der Waals surface area contributed by atoms with E-state index in [9.17, 15) is 0 Å². The second kappa shape index (κ2) is 5.82. The van der Waals surface area contributed by atoms with Crippen molar-refractivity contribution < 1.29 is 0 Å². The van der Waals surface area contributed by atoms with E-state index in [1.807, 2.05) is 0 Å². The van der Waals surface area contributed by atoms with Crippen LogP contribution in [0.2, 0.25) is 0 Å². The Bertz CT molecular complexity index is 477. The molecule has 17 heavy (non-hydrogen) atoms. The van der Waals surface area contributed by atoms with Crippen LogP contribution in [0.15, 0.2) is 47.6 Å². The lowest BCUT2D eigenvalue weighted by atomic mass is 10.3. The molecule has 0 unspecified atom stereocenters. The van der Waals surface area contributed by atoms with Crippen LogP contribution in [0.5, 0.6) is 0 Å². The number of aryl methyl sites for hydroxylation is 1. The van der Waals surface area contributed by atoms with Crippen molar-refractivity contribution in [3.63, 3.8) is 0 Å². The Labute approximate surface area is 107 Å². The minimum atomic E-state index is 0.880. The van der Waals surface area contributed by atoms with E-state index < -0.39 is 0 Å². The van der Waals surface area contributed by atoms with Crippen LogP contribution in [0, 0.1) is 0 Å². The molecule has 0 radical (unpaired) electrons. The van der Waals surface area contributed by atoms with E-state index in [-0.39, 0.29) is 0 Å². The lowest BCUT2D eigenvalue weighted by molar-refractivity contribution is 0.766. The lowest BCUT2D eigenvalue weighted by Gasteiger charge is -2.09. The average molecular weight is 246 g/mol. The predicted molar refractivity (Wildman–Crippen MR) is 75.7 cm³/mol. The number of nitrogens with one attached hydrogen (secondary N) is 1. The summed E-state index contributed by atoms with van der Waals surface area (Å²) in [4.78, 5) is 1.29. The van der Waals surface area contributed by atoms with Gasteiger partial charge in [-0.3, -0.25) is 0 Å². The van der Waals surface area contributed by atoms with Crippen LogP contribution in [0.3, 0.4) is 0 Å². The maximum absolute atomic E-state index is 3.48. The number of para-hydroxylation sites is 1. The zero-order chi connectivity index (χ0) is 12.1. The van der Waals surface area contributed by atoms with Gasteiger partial charge in [-0.2, -0.15) is 0 Å². The molecule has 0 saturated carbocycles. The third-order valence-corrected chi connectivity index (χ3v) is 3.56. The summed E-state index contributed by atoms with van der Waals surface area (Å²) in [5.41, 5.74) is 2.53. The van der Waals surface area contributed by atoms with Gasteiger partial charge in [0.05, 0.1) is 0 Å². The van der Waals surface area contributed by atoms with Gasteiger partial charge < -0.3 is 9.88 Å². The lowest BCUT2D eigenvalue weighted by Crippen LogP contribution is -1.99. The van der Waals surface area contributed by atoms with Gasteiger partial charge in [0.25, 0.3) is 0 Å². The average Bonchev–Trinajstić information content (AvgIpc) is 2.84. The van der Waals surface area contributed by atoms with Gasteiger partial charge in [-0.05, 0) is 36.9 Å². The maximum Gasteiger partial charge on any atom is 0.0480 e. The number of anilines is 1. The quantitative estimate of drug-likeness (QED) is 0.807. The molecule has 0 fully saturated rings. The fraction of sp³-hybridized carbons (Fsp3) is 0.286. The molecule has 1 N–H and O–H groups in total. The Hall–Kier alpha value is -1.35. The number of nitrogens with zero attached hydrogens (tertiary/aromatic N) is 1. The molecule has 1 aromatic carbocycles. The van der Waals surface area contributed by atoms with Crippen molar-refractivity contribution in [2.75, 3.05) is 11.6 Å². The van der Waals surface area contributed by atoms with E-state index in [1.54, 1.807) is 11.8 Å². The van der Waals surface area contributed by atoms with Crippen LogP contribution in [-0.4, -0.2) is 10.8 Å². The first kappa shape index (κ1) is 12.1. The van der Waals surface area contributed by atoms with Crippen molar-refractivity contribution in [1.82, 2.24) is 4.57 Å². The van der Waals surface area contributed by atoms with Gasteiger partial charge in [0, 0.05) is 36.1 Å². The zero-order valence-corrected chi connectivity index (χ0v) is 11.1. The van der Waals surface area contributed by atoms with Gasteiger partial charge in [0.1, 0.15) is 0 Å². The standard InChI is InChI=1S/C14H18N2S/c1-3-16-9-8-12(11-16)10-15-13-6-4-5-7-14(13)17-2/h4-9,11,15H,3,10H2,1-2H3. The first-order chi connectivity index (χ1) is 8.33. The second-order valence-electron chi connectivity index (χ2n) is 3.90. The second-order valence-corrected chi connectivity index (χ2v) is 4.75. The minimum absolute atomic E-state index is 0.880. The van der Waals surface area contributed by atoms with E-state index in [0.717, 1.165) is 13.1 Å². The molecule has 0 aliphatic carbocycles. The topological polar surface area (TPSA) is 17.0 Å². The van der Waals surface area contributed by atoms with E-state index >= 15 is 0 Å². The highest BCUT2D eigenvalue weighted by Crippen LogP contribution is 2.24. The first-order valence-electron chi connectivity index (χ1n) is 5.85. The Morgan fingerprint density at radius 2 is 2.06 bits per heavy atom. The normalized spacial score (nSPS) is 10.5. The van der Waals surface area contributed by atoms with Crippen molar-refractivity contribution >= 4 is 17.4 Å². The molecule has 0 amide bonds. The number of rotatable bonds is 5. The summed E-state index contributed by atoms with van der Waals surface area (Å²) in [7, 11) is 0. The Morgan fingerprint density at radius 3 is 2.76 bits per heavy atom. The molecule has 90 valence electrons. The van der Waals surface area contributed by atoms with Gasteiger partial charge >= 0.3 is 0 Å². The summed E-state index contributed by atoms with van der Waals surface area (Å²) < 4.78 is 2.19. The molecule has 0 aliphatic heterocycles. The van der Waals surface area contributed by atoms with Gasteiger partial charge in [0.2, 0.25) is 0 Å². The van der Waals surface area contributed by atoms with Crippen molar-refractivity contribution in [3.05, 3.63) is 48.3 Å². The highest BCUT2D eigenvalue weighted by Gasteiger charge is 2.00. The van der Waals surface area contributed by atoms with Crippen molar-refractivity contribution in [2.45, 2.75) is 24.9 Å². The molecule has 0 saturated heterocycles. The number of thioether (sulfide) groups is 1. The summed E-state index contributed by atoms with van der Waals surface area (Å²) in [6.45, 7) is 4.06.